The molecule has 4 aromatic rings. The number of carbonyl (C=O) groups is 3. The largest absolute Gasteiger partial charge is 0.434 e. The molecule has 1 aliphatic carbocycles. The molecule has 1 saturated carbocycles. The Hall–Kier alpha value is -4.57. The SMILES string of the molecule is CC(=O)N1CCN(CC2CCN(C(=O)Cn3cc(NC(=O)c4cnn5cccnc45)c(-c4cc(SC5CC5)ccc4OC(F)F)n3)CC2)CC1. The molecule has 0 radical (unpaired) electrons. The molecule has 2 aliphatic heterocycles. The number of rotatable bonds is 11. The standard InChI is InChI=1S/C34H39F2N9O4S/c1-22(46)42-15-13-41(14-16-42)19-23-7-11-43(12-8-23)30(47)21-44-20-28(39-33(48)27-18-38-45-10-2-9-37-32(27)45)31(40-44)26-17-25(50-24-3-4-24)5-6-29(26)49-34(35)36/h2,5-6,9-10,17-18,20,23-24,34H,3-4,7-8,11-16,19,21H2,1H3,(H,39,48). The monoisotopic (exact) mass is 707 g/mol. The molecule has 50 heavy (non-hydrogen) atoms. The van der Waals surface area contributed by atoms with E-state index in [0.717, 1.165) is 63.3 Å². The van der Waals surface area contributed by atoms with E-state index in [4.69, 9.17) is 4.74 Å². The van der Waals surface area contributed by atoms with Gasteiger partial charge in [-0.3, -0.25) is 24.0 Å². The molecule has 3 aliphatic rings. The Morgan fingerprint density at radius 1 is 1.04 bits per heavy atom. The Morgan fingerprint density at radius 2 is 1.82 bits per heavy atom. The van der Waals surface area contributed by atoms with Crippen LogP contribution in [0.1, 0.15) is 43.0 Å². The van der Waals surface area contributed by atoms with E-state index in [2.05, 4.69) is 25.4 Å². The number of anilines is 1. The number of nitrogens with one attached hydrogen (secondary N) is 1. The number of ether oxygens (including phenoxy) is 1. The molecule has 16 heteroatoms. The Labute approximate surface area is 291 Å². The zero-order valence-corrected chi connectivity index (χ0v) is 28.5. The number of hydrogen-bond acceptors (Lipinski definition) is 9. The highest BCUT2D eigenvalue weighted by Crippen LogP contribution is 2.43. The summed E-state index contributed by atoms with van der Waals surface area (Å²) in [6, 6.07) is 6.67. The van der Waals surface area contributed by atoms with Crippen molar-refractivity contribution in [2.45, 2.75) is 55.9 Å². The average Bonchev–Trinajstić information content (AvgIpc) is 3.67. The summed E-state index contributed by atoms with van der Waals surface area (Å²) in [5, 5.41) is 12.2. The third kappa shape index (κ3) is 7.91. The number of likely N-dealkylation sites (tertiary alicyclic amines) is 1. The number of hydrogen-bond donors (Lipinski definition) is 1. The lowest BCUT2D eigenvalue weighted by Crippen LogP contribution is -2.50. The molecule has 5 heterocycles. The third-order valence-electron chi connectivity index (χ3n) is 9.38. The molecule has 1 N–H and O–H groups in total. The number of amides is 3. The summed E-state index contributed by atoms with van der Waals surface area (Å²) >= 11 is 1.65. The molecule has 3 fully saturated rings. The minimum Gasteiger partial charge on any atom is -0.434 e. The maximum Gasteiger partial charge on any atom is 0.387 e. The van der Waals surface area contributed by atoms with E-state index in [9.17, 15) is 23.2 Å². The van der Waals surface area contributed by atoms with Crippen LogP contribution in [0.2, 0.25) is 0 Å². The second-order valence-electron chi connectivity index (χ2n) is 13.0. The number of alkyl halides is 2. The van der Waals surface area contributed by atoms with Crippen LogP contribution in [0, 0.1) is 5.92 Å². The number of halogens is 2. The number of carbonyl (C=O) groups excluding carboxylic acids is 3. The fourth-order valence-electron chi connectivity index (χ4n) is 6.53. The van der Waals surface area contributed by atoms with Gasteiger partial charge in [-0.25, -0.2) is 9.50 Å². The van der Waals surface area contributed by atoms with Gasteiger partial charge in [0.25, 0.3) is 5.91 Å². The Bertz CT molecular complexity index is 1860. The molecular weight excluding hydrogens is 668 g/mol. The lowest BCUT2D eigenvalue weighted by Gasteiger charge is -2.38. The predicted molar refractivity (Wildman–Crippen MR) is 182 cm³/mol. The zero-order valence-electron chi connectivity index (χ0n) is 27.7. The average molecular weight is 708 g/mol. The van der Waals surface area contributed by atoms with E-state index >= 15 is 0 Å². The topological polar surface area (TPSA) is 130 Å². The summed E-state index contributed by atoms with van der Waals surface area (Å²) in [6.45, 7) is 3.83. The highest BCUT2D eigenvalue weighted by atomic mass is 32.2. The fourth-order valence-corrected chi connectivity index (χ4v) is 7.62. The lowest BCUT2D eigenvalue weighted by molar-refractivity contribution is -0.133. The second kappa shape index (κ2) is 14.7. The van der Waals surface area contributed by atoms with E-state index in [-0.39, 0.29) is 46.6 Å². The molecule has 3 aromatic heterocycles. The minimum absolute atomic E-state index is 0.0883. The van der Waals surface area contributed by atoms with Crippen LogP contribution in [-0.2, 0) is 16.1 Å². The van der Waals surface area contributed by atoms with E-state index in [0.29, 0.717) is 29.9 Å². The van der Waals surface area contributed by atoms with Gasteiger partial charge in [-0.05, 0) is 55.9 Å². The molecule has 1 aromatic carbocycles. The number of benzene rings is 1. The first-order valence-corrected chi connectivity index (χ1v) is 17.8. The maximum absolute atomic E-state index is 13.6. The van der Waals surface area contributed by atoms with Crippen molar-refractivity contribution in [3.05, 3.63) is 54.6 Å². The van der Waals surface area contributed by atoms with Gasteiger partial charge in [-0.1, -0.05) is 0 Å². The molecule has 13 nitrogen and oxygen atoms in total. The smallest absolute Gasteiger partial charge is 0.387 e. The second-order valence-corrected chi connectivity index (χ2v) is 14.3. The van der Waals surface area contributed by atoms with Crippen molar-refractivity contribution in [1.29, 1.82) is 0 Å². The summed E-state index contributed by atoms with van der Waals surface area (Å²) < 4.78 is 34.9. The summed E-state index contributed by atoms with van der Waals surface area (Å²) in [4.78, 5) is 50.0. The summed E-state index contributed by atoms with van der Waals surface area (Å²) in [6.07, 6.45) is 10.1. The third-order valence-corrected chi connectivity index (χ3v) is 10.7. The Kier molecular flexibility index (Phi) is 9.99. The van der Waals surface area contributed by atoms with Crippen molar-refractivity contribution >= 4 is 40.8 Å². The highest BCUT2D eigenvalue weighted by molar-refractivity contribution is 8.00. The Balaban J connectivity index is 1.09. The molecule has 2 saturated heterocycles. The molecule has 0 spiro atoms. The molecular formula is C34H39F2N9O4S. The van der Waals surface area contributed by atoms with Crippen LogP contribution in [0.3, 0.4) is 0 Å². The van der Waals surface area contributed by atoms with Crippen molar-refractivity contribution < 1.29 is 27.9 Å². The van der Waals surface area contributed by atoms with Crippen molar-refractivity contribution in [3.8, 4) is 17.0 Å². The van der Waals surface area contributed by atoms with Crippen molar-refractivity contribution in [3.63, 3.8) is 0 Å². The van der Waals surface area contributed by atoms with Crippen molar-refractivity contribution in [1.82, 2.24) is 39.1 Å². The van der Waals surface area contributed by atoms with Gasteiger partial charge in [0.2, 0.25) is 11.8 Å². The van der Waals surface area contributed by atoms with Crippen LogP contribution in [0.25, 0.3) is 16.9 Å². The molecule has 264 valence electrons. The lowest BCUT2D eigenvalue weighted by atomic mass is 9.96. The molecule has 3 amide bonds. The van der Waals surface area contributed by atoms with Gasteiger partial charge in [0.05, 0.1) is 11.9 Å². The van der Waals surface area contributed by atoms with Gasteiger partial charge in [-0.2, -0.15) is 19.0 Å². The highest BCUT2D eigenvalue weighted by Gasteiger charge is 2.29. The van der Waals surface area contributed by atoms with Gasteiger partial charge < -0.3 is 19.9 Å². The predicted octanol–water partition coefficient (Wildman–Crippen LogP) is 4.10. The first-order chi connectivity index (χ1) is 24.2. The Morgan fingerprint density at radius 3 is 2.54 bits per heavy atom. The number of thioether (sulfide) groups is 1. The number of fused-ring (bicyclic) bond motifs is 1. The van der Waals surface area contributed by atoms with Crippen molar-refractivity contribution in [2.75, 3.05) is 51.1 Å². The van der Waals surface area contributed by atoms with Crippen LogP contribution in [0.4, 0.5) is 14.5 Å². The van der Waals surface area contributed by atoms with Gasteiger partial charge in [-0.15, -0.1) is 11.8 Å². The van der Waals surface area contributed by atoms with Crippen LogP contribution in [0.15, 0.2) is 53.9 Å². The molecule has 0 atom stereocenters. The number of nitrogens with zero attached hydrogens (tertiary/aromatic N) is 8. The van der Waals surface area contributed by atoms with E-state index in [1.54, 1.807) is 55.5 Å². The maximum atomic E-state index is 13.6. The fraction of sp³-hybridized carbons (Fsp3) is 0.471. The number of piperazine rings is 1. The van der Waals surface area contributed by atoms with Crippen LogP contribution in [-0.4, -0.2) is 114 Å². The molecule has 0 unspecified atom stereocenters. The van der Waals surface area contributed by atoms with Crippen molar-refractivity contribution in [2.24, 2.45) is 5.92 Å². The van der Waals surface area contributed by atoms with Crippen LogP contribution in [0.5, 0.6) is 5.75 Å². The van der Waals surface area contributed by atoms with Gasteiger partial charge in [0.15, 0.2) is 5.65 Å². The van der Waals surface area contributed by atoms with Crippen LogP contribution >= 0.6 is 11.8 Å². The zero-order chi connectivity index (χ0) is 34.8. The first kappa shape index (κ1) is 33.9. The van der Waals surface area contributed by atoms with Crippen LogP contribution < -0.4 is 10.1 Å². The van der Waals surface area contributed by atoms with E-state index in [1.807, 2.05) is 9.80 Å². The summed E-state index contributed by atoms with van der Waals surface area (Å²) in [7, 11) is 0. The number of aromatic nitrogens is 5. The van der Waals surface area contributed by atoms with E-state index in [1.165, 1.54) is 21.5 Å². The summed E-state index contributed by atoms with van der Waals surface area (Å²) in [5.74, 6) is -0.156. The summed E-state index contributed by atoms with van der Waals surface area (Å²) in [5.41, 5.74) is 1.27. The normalized spacial score (nSPS) is 17.4. The quantitative estimate of drug-likeness (QED) is 0.245. The first-order valence-electron chi connectivity index (χ1n) is 16.9. The molecule has 7 rings (SSSR count). The van der Waals surface area contributed by atoms with Gasteiger partial charge in [0, 0.05) is 87.0 Å². The molecule has 0 bridgehead atoms. The number of piperidine rings is 1. The minimum atomic E-state index is -3.07. The van der Waals surface area contributed by atoms with Gasteiger partial charge >= 0.3 is 6.61 Å². The van der Waals surface area contributed by atoms with Gasteiger partial charge in [0.1, 0.15) is 23.6 Å². The van der Waals surface area contributed by atoms with E-state index < -0.39 is 12.5 Å².